The number of carbonyl (C=O) groups excluding carboxylic acids is 1. The van der Waals surface area contributed by atoms with E-state index in [4.69, 9.17) is 0 Å². The second-order valence-electron chi connectivity index (χ2n) is 4.65. The van der Waals surface area contributed by atoms with Crippen molar-refractivity contribution in [3.63, 3.8) is 0 Å². The molecular formula is C14H15Br2N3OS. The molecule has 0 saturated carbocycles. The summed E-state index contributed by atoms with van der Waals surface area (Å²) >= 11 is 8.24. The van der Waals surface area contributed by atoms with E-state index in [9.17, 15) is 4.79 Å². The number of aromatic nitrogens is 2. The molecule has 0 aliphatic heterocycles. The van der Waals surface area contributed by atoms with Crippen LogP contribution in [0.25, 0.3) is 0 Å². The van der Waals surface area contributed by atoms with Gasteiger partial charge in [-0.25, -0.2) is 4.98 Å². The Hall–Kier alpha value is -0.790. The third kappa shape index (κ3) is 4.34. The molecular weight excluding hydrogens is 418 g/mol. The molecule has 2 aromatic heterocycles. The average Bonchev–Trinajstić information content (AvgIpc) is 2.74. The number of carbonyl (C=O) groups is 1. The third-order valence-corrected chi connectivity index (χ3v) is 5.35. The van der Waals surface area contributed by atoms with Gasteiger partial charge in [0, 0.05) is 16.9 Å². The van der Waals surface area contributed by atoms with E-state index in [0.717, 1.165) is 32.4 Å². The monoisotopic (exact) mass is 431 g/mol. The Bertz CT molecular complexity index is 625. The van der Waals surface area contributed by atoms with Crippen LogP contribution in [-0.4, -0.2) is 15.9 Å². The largest absolute Gasteiger partial charge is 0.301 e. The quantitative estimate of drug-likeness (QED) is 0.731. The van der Waals surface area contributed by atoms with Crippen molar-refractivity contribution in [1.82, 2.24) is 9.97 Å². The molecule has 0 aromatic carbocycles. The lowest BCUT2D eigenvalue weighted by molar-refractivity contribution is -0.117. The van der Waals surface area contributed by atoms with Gasteiger partial charge in [-0.1, -0.05) is 24.7 Å². The molecule has 0 fully saturated rings. The van der Waals surface area contributed by atoms with Crippen molar-refractivity contribution in [3.8, 4) is 0 Å². The van der Waals surface area contributed by atoms with Gasteiger partial charge in [-0.3, -0.25) is 9.78 Å². The minimum Gasteiger partial charge on any atom is -0.301 e. The van der Waals surface area contributed by atoms with E-state index in [2.05, 4.69) is 54.1 Å². The summed E-state index contributed by atoms with van der Waals surface area (Å²) in [7, 11) is 0. The van der Waals surface area contributed by atoms with Crippen LogP contribution in [-0.2, 0) is 4.79 Å². The van der Waals surface area contributed by atoms with E-state index < -0.39 is 0 Å². The minimum absolute atomic E-state index is 0.0435. The van der Waals surface area contributed by atoms with Crippen LogP contribution in [0.1, 0.15) is 36.9 Å². The van der Waals surface area contributed by atoms with E-state index in [1.165, 1.54) is 11.3 Å². The summed E-state index contributed by atoms with van der Waals surface area (Å²) < 4.78 is 1.82. The molecule has 0 saturated heterocycles. The Morgan fingerprint density at radius 1 is 1.43 bits per heavy atom. The van der Waals surface area contributed by atoms with Crippen LogP contribution in [0, 0.1) is 6.92 Å². The molecule has 1 amide bonds. The van der Waals surface area contributed by atoms with Crippen LogP contribution in [0.15, 0.2) is 26.7 Å². The standard InChI is InChI=1S/C14H15Br2N3OS/c1-3-4-11(9-5-10(15)7-17-6-9)13(20)19-14-18-8(2)12(16)21-14/h5-7,11H,3-4H2,1-2H3,(H,18,19,20). The Morgan fingerprint density at radius 3 is 2.76 bits per heavy atom. The Kier molecular flexibility index (Phi) is 5.89. The fourth-order valence-electron chi connectivity index (χ4n) is 1.98. The summed E-state index contributed by atoms with van der Waals surface area (Å²) in [6, 6.07) is 1.94. The summed E-state index contributed by atoms with van der Waals surface area (Å²) in [4.78, 5) is 21.0. The number of rotatable bonds is 5. The molecule has 0 aliphatic rings. The number of thiazole rings is 1. The Labute approximate surface area is 144 Å². The van der Waals surface area contributed by atoms with Crippen LogP contribution in [0.2, 0.25) is 0 Å². The lowest BCUT2D eigenvalue weighted by atomic mass is 9.95. The normalized spacial score (nSPS) is 12.2. The highest BCUT2D eigenvalue weighted by Crippen LogP contribution is 2.30. The predicted octanol–water partition coefficient (Wildman–Crippen LogP) is 4.89. The highest BCUT2D eigenvalue weighted by Gasteiger charge is 2.21. The second-order valence-corrected chi connectivity index (χ2v) is 7.88. The number of pyridine rings is 1. The van der Waals surface area contributed by atoms with Gasteiger partial charge in [-0.2, -0.15) is 0 Å². The lowest BCUT2D eigenvalue weighted by Crippen LogP contribution is -2.21. The molecule has 0 aliphatic carbocycles. The van der Waals surface area contributed by atoms with Crippen molar-refractivity contribution < 1.29 is 4.79 Å². The molecule has 2 rings (SSSR count). The molecule has 112 valence electrons. The maximum absolute atomic E-state index is 12.5. The maximum Gasteiger partial charge on any atom is 0.233 e. The van der Waals surface area contributed by atoms with Gasteiger partial charge < -0.3 is 5.32 Å². The van der Waals surface area contributed by atoms with Gasteiger partial charge in [-0.15, -0.1) is 0 Å². The van der Waals surface area contributed by atoms with E-state index in [1.807, 2.05) is 13.0 Å². The number of hydrogen-bond donors (Lipinski definition) is 1. The predicted molar refractivity (Wildman–Crippen MR) is 92.8 cm³/mol. The molecule has 21 heavy (non-hydrogen) atoms. The van der Waals surface area contributed by atoms with Crippen LogP contribution in [0.5, 0.6) is 0 Å². The first-order chi connectivity index (χ1) is 10.0. The SMILES string of the molecule is CCCC(C(=O)Nc1nc(C)c(Br)s1)c1cncc(Br)c1. The molecule has 2 heterocycles. The van der Waals surface area contributed by atoms with Crippen molar-refractivity contribution in [2.24, 2.45) is 0 Å². The average molecular weight is 433 g/mol. The summed E-state index contributed by atoms with van der Waals surface area (Å²) in [5, 5.41) is 3.52. The molecule has 4 nitrogen and oxygen atoms in total. The summed E-state index contributed by atoms with van der Waals surface area (Å²) in [5.41, 5.74) is 1.79. The van der Waals surface area contributed by atoms with E-state index in [0.29, 0.717) is 5.13 Å². The summed E-state index contributed by atoms with van der Waals surface area (Å²) in [5.74, 6) is -0.263. The molecule has 1 N–H and O–H groups in total. The molecule has 1 atom stereocenters. The zero-order valence-electron chi connectivity index (χ0n) is 11.7. The van der Waals surface area contributed by atoms with Crippen molar-refractivity contribution in [1.29, 1.82) is 0 Å². The van der Waals surface area contributed by atoms with E-state index in [1.54, 1.807) is 12.4 Å². The molecule has 1 unspecified atom stereocenters. The van der Waals surface area contributed by atoms with Crippen LogP contribution in [0.4, 0.5) is 5.13 Å². The van der Waals surface area contributed by atoms with Gasteiger partial charge in [0.1, 0.15) is 0 Å². The zero-order valence-corrected chi connectivity index (χ0v) is 15.7. The number of halogens is 2. The first-order valence-electron chi connectivity index (χ1n) is 6.55. The minimum atomic E-state index is -0.219. The van der Waals surface area contributed by atoms with Crippen molar-refractivity contribution in [2.45, 2.75) is 32.6 Å². The van der Waals surface area contributed by atoms with Crippen LogP contribution >= 0.6 is 43.2 Å². The van der Waals surface area contributed by atoms with Gasteiger partial charge in [-0.05, 0) is 56.8 Å². The Morgan fingerprint density at radius 2 is 2.19 bits per heavy atom. The number of amides is 1. The van der Waals surface area contributed by atoms with Crippen LogP contribution in [0.3, 0.4) is 0 Å². The zero-order chi connectivity index (χ0) is 15.4. The topological polar surface area (TPSA) is 54.9 Å². The number of hydrogen-bond acceptors (Lipinski definition) is 4. The third-order valence-electron chi connectivity index (χ3n) is 2.99. The summed E-state index contributed by atoms with van der Waals surface area (Å²) in [6.45, 7) is 3.97. The number of anilines is 1. The molecule has 2 aromatic rings. The van der Waals surface area contributed by atoms with Crippen molar-refractivity contribution >= 4 is 54.2 Å². The molecule has 0 radical (unpaired) electrons. The first kappa shape index (κ1) is 16.6. The molecule has 7 heteroatoms. The maximum atomic E-state index is 12.5. The van der Waals surface area contributed by atoms with Crippen molar-refractivity contribution in [3.05, 3.63) is 38.0 Å². The van der Waals surface area contributed by atoms with Gasteiger partial charge in [0.25, 0.3) is 0 Å². The summed E-state index contributed by atoms with van der Waals surface area (Å²) in [6.07, 6.45) is 5.15. The number of aryl methyl sites for hydroxylation is 1. The first-order valence-corrected chi connectivity index (χ1v) is 8.95. The molecule has 0 bridgehead atoms. The van der Waals surface area contributed by atoms with E-state index in [-0.39, 0.29) is 11.8 Å². The highest BCUT2D eigenvalue weighted by atomic mass is 79.9. The highest BCUT2D eigenvalue weighted by molar-refractivity contribution is 9.11. The van der Waals surface area contributed by atoms with Gasteiger partial charge >= 0.3 is 0 Å². The smallest absolute Gasteiger partial charge is 0.233 e. The van der Waals surface area contributed by atoms with E-state index >= 15 is 0 Å². The van der Waals surface area contributed by atoms with Gasteiger partial charge in [0.05, 0.1) is 15.4 Å². The van der Waals surface area contributed by atoms with Gasteiger partial charge in [0.15, 0.2) is 5.13 Å². The fraction of sp³-hybridized carbons (Fsp3) is 0.357. The number of nitrogens with zero attached hydrogens (tertiary/aromatic N) is 2. The number of nitrogens with one attached hydrogen (secondary N) is 1. The fourth-order valence-corrected chi connectivity index (χ4v) is 3.61. The van der Waals surface area contributed by atoms with Gasteiger partial charge in [0.2, 0.25) is 5.91 Å². The lowest BCUT2D eigenvalue weighted by Gasteiger charge is -2.15. The van der Waals surface area contributed by atoms with Crippen LogP contribution < -0.4 is 5.32 Å². The Balaban J connectivity index is 2.19. The molecule has 0 spiro atoms. The second kappa shape index (κ2) is 7.47. The van der Waals surface area contributed by atoms with Crippen molar-refractivity contribution in [2.75, 3.05) is 5.32 Å².